The van der Waals surface area contributed by atoms with Crippen LogP contribution in [0.3, 0.4) is 0 Å². The van der Waals surface area contributed by atoms with Crippen LogP contribution in [0.1, 0.15) is 47.5 Å². The van der Waals surface area contributed by atoms with Gasteiger partial charge < -0.3 is 15.0 Å². The zero-order valence-electron chi connectivity index (χ0n) is 13.5. The van der Waals surface area contributed by atoms with Crippen molar-refractivity contribution in [3.05, 3.63) is 0 Å². The third-order valence-corrected chi connectivity index (χ3v) is 3.71. The molecule has 5 nitrogen and oxygen atoms in total. The normalized spacial score (nSPS) is 24.2. The van der Waals surface area contributed by atoms with Crippen LogP contribution in [0.15, 0.2) is 0 Å². The molecule has 1 rings (SSSR count). The third-order valence-electron chi connectivity index (χ3n) is 3.71. The first kappa shape index (κ1) is 17.0. The van der Waals surface area contributed by atoms with E-state index in [0.29, 0.717) is 25.4 Å². The highest BCUT2D eigenvalue weighted by Gasteiger charge is 2.46. The predicted molar refractivity (Wildman–Crippen MR) is 78.3 cm³/mol. The minimum Gasteiger partial charge on any atom is -0.382 e. The Labute approximate surface area is 122 Å². The molecule has 0 aromatic rings. The highest BCUT2D eigenvalue weighted by molar-refractivity contribution is 5.97. The van der Waals surface area contributed by atoms with Crippen LogP contribution >= 0.6 is 0 Å². The van der Waals surface area contributed by atoms with Crippen molar-refractivity contribution >= 4 is 11.8 Å². The monoisotopic (exact) mass is 284 g/mol. The molecule has 1 aliphatic rings. The van der Waals surface area contributed by atoms with E-state index in [9.17, 15) is 9.59 Å². The van der Waals surface area contributed by atoms with Gasteiger partial charge in [0.15, 0.2) is 0 Å². The van der Waals surface area contributed by atoms with Crippen LogP contribution < -0.4 is 5.32 Å². The first-order chi connectivity index (χ1) is 9.24. The van der Waals surface area contributed by atoms with Crippen molar-refractivity contribution < 1.29 is 14.3 Å². The summed E-state index contributed by atoms with van der Waals surface area (Å²) in [7, 11) is 1.61. The molecule has 2 amide bonds. The fourth-order valence-electron chi connectivity index (χ4n) is 2.91. The van der Waals surface area contributed by atoms with E-state index < -0.39 is 17.6 Å². The van der Waals surface area contributed by atoms with Crippen LogP contribution in [0.25, 0.3) is 0 Å². The largest absolute Gasteiger partial charge is 0.382 e. The van der Waals surface area contributed by atoms with Crippen molar-refractivity contribution in [2.45, 2.75) is 65.1 Å². The molecule has 0 spiro atoms. The summed E-state index contributed by atoms with van der Waals surface area (Å²) in [6, 6.07) is -0.822. The van der Waals surface area contributed by atoms with Crippen LogP contribution in [-0.4, -0.2) is 48.1 Å². The molecule has 1 N–H and O–H groups in total. The van der Waals surface area contributed by atoms with Crippen molar-refractivity contribution in [2.24, 2.45) is 5.92 Å². The summed E-state index contributed by atoms with van der Waals surface area (Å²) in [4.78, 5) is 26.8. The van der Waals surface area contributed by atoms with Crippen LogP contribution in [-0.2, 0) is 14.3 Å². The highest BCUT2D eigenvalue weighted by atomic mass is 16.5. The molecule has 1 saturated heterocycles. The van der Waals surface area contributed by atoms with Gasteiger partial charge in [-0.05, 0) is 32.6 Å². The van der Waals surface area contributed by atoms with Gasteiger partial charge in [0.1, 0.15) is 12.1 Å². The Balaban J connectivity index is 3.06. The van der Waals surface area contributed by atoms with Gasteiger partial charge in [0.25, 0.3) is 0 Å². The molecule has 0 bridgehead atoms. The number of carbonyl (C=O) groups excluding carboxylic acids is 2. The quantitative estimate of drug-likeness (QED) is 0.805. The maximum absolute atomic E-state index is 12.8. The van der Waals surface area contributed by atoms with Crippen LogP contribution in [0, 0.1) is 5.92 Å². The van der Waals surface area contributed by atoms with E-state index in [2.05, 4.69) is 19.2 Å². The van der Waals surface area contributed by atoms with Crippen LogP contribution in [0.4, 0.5) is 0 Å². The zero-order chi connectivity index (χ0) is 15.5. The Morgan fingerprint density at radius 1 is 1.35 bits per heavy atom. The lowest BCUT2D eigenvalue weighted by Crippen LogP contribution is -2.69. The Morgan fingerprint density at radius 3 is 2.40 bits per heavy atom. The third kappa shape index (κ3) is 3.51. The number of carbonyl (C=O) groups is 2. The first-order valence-electron chi connectivity index (χ1n) is 7.37. The number of piperazine rings is 1. The molecule has 1 heterocycles. The molecule has 116 valence electrons. The van der Waals surface area contributed by atoms with Gasteiger partial charge in [0.05, 0.1) is 12.1 Å². The second kappa shape index (κ2) is 6.57. The van der Waals surface area contributed by atoms with Gasteiger partial charge in [-0.25, -0.2) is 0 Å². The van der Waals surface area contributed by atoms with E-state index in [-0.39, 0.29) is 11.8 Å². The van der Waals surface area contributed by atoms with Gasteiger partial charge in [0, 0.05) is 7.11 Å². The van der Waals surface area contributed by atoms with Crippen molar-refractivity contribution in [1.29, 1.82) is 0 Å². The molecule has 0 aromatic heterocycles. The number of hydrogen-bond acceptors (Lipinski definition) is 3. The Bertz CT molecular complexity index is 366. The fraction of sp³-hybridized carbons (Fsp3) is 0.867. The summed E-state index contributed by atoms with van der Waals surface area (Å²) in [6.45, 7) is 10.3. The zero-order valence-corrected chi connectivity index (χ0v) is 13.5. The lowest BCUT2D eigenvalue weighted by atomic mass is 9.92. The second-order valence-corrected chi connectivity index (χ2v) is 6.57. The summed E-state index contributed by atoms with van der Waals surface area (Å²) in [5.41, 5.74) is -0.487. The summed E-state index contributed by atoms with van der Waals surface area (Å²) < 4.78 is 5.23. The molecule has 0 aliphatic carbocycles. The lowest BCUT2D eigenvalue weighted by Gasteiger charge is -2.47. The van der Waals surface area contributed by atoms with Crippen molar-refractivity contribution in [3.63, 3.8) is 0 Å². The molecular weight excluding hydrogens is 256 g/mol. The van der Waals surface area contributed by atoms with Crippen LogP contribution in [0.2, 0.25) is 0 Å². The molecule has 20 heavy (non-hydrogen) atoms. The lowest BCUT2D eigenvalue weighted by molar-refractivity contribution is -0.158. The molecule has 2 unspecified atom stereocenters. The van der Waals surface area contributed by atoms with Gasteiger partial charge in [-0.3, -0.25) is 9.59 Å². The van der Waals surface area contributed by atoms with Crippen molar-refractivity contribution in [3.8, 4) is 0 Å². The molecule has 0 saturated carbocycles. The molecule has 1 aliphatic heterocycles. The molecule has 5 heteroatoms. The average Bonchev–Trinajstić information content (AvgIpc) is 2.31. The Morgan fingerprint density at radius 2 is 1.95 bits per heavy atom. The summed E-state index contributed by atoms with van der Waals surface area (Å²) in [5, 5.41) is 2.87. The van der Waals surface area contributed by atoms with E-state index in [1.54, 1.807) is 12.0 Å². The fourth-order valence-corrected chi connectivity index (χ4v) is 2.91. The van der Waals surface area contributed by atoms with Gasteiger partial charge in [0.2, 0.25) is 11.8 Å². The number of methoxy groups -OCH3 is 1. The number of amides is 2. The van der Waals surface area contributed by atoms with Gasteiger partial charge in [-0.1, -0.05) is 20.8 Å². The van der Waals surface area contributed by atoms with Crippen LogP contribution in [0.5, 0.6) is 0 Å². The molecule has 0 radical (unpaired) electrons. The average molecular weight is 284 g/mol. The van der Waals surface area contributed by atoms with E-state index in [0.717, 1.165) is 0 Å². The van der Waals surface area contributed by atoms with Gasteiger partial charge in [-0.2, -0.15) is 0 Å². The van der Waals surface area contributed by atoms with Gasteiger partial charge >= 0.3 is 0 Å². The molecule has 2 atom stereocenters. The minimum absolute atomic E-state index is 0.00667. The van der Waals surface area contributed by atoms with E-state index >= 15 is 0 Å². The topological polar surface area (TPSA) is 58.6 Å². The minimum atomic E-state index is -0.487. The van der Waals surface area contributed by atoms with Crippen molar-refractivity contribution in [2.75, 3.05) is 13.7 Å². The predicted octanol–water partition coefficient (Wildman–Crippen LogP) is 1.56. The maximum atomic E-state index is 12.8. The number of rotatable bonds is 6. The van der Waals surface area contributed by atoms with E-state index in [1.165, 1.54) is 0 Å². The summed E-state index contributed by atoms with van der Waals surface area (Å²) in [6.07, 6.45) is 1.28. The van der Waals surface area contributed by atoms with E-state index in [1.807, 2.05) is 20.8 Å². The Kier molecular flexibility index (Phi) is 5.57. The number of nitrogens with zero attached hydrogens (tertiary/aromatic N) is 1. The van der Waals surface area contributed by atoms with Crippen molar-refractivity contribution in [1.82, 2.24) is 10.2 Å². The standard InChI is InChI=1S/C15H28N2O3/c1-7-12-13(18)16-11(8-10(2)3)14(19)17(12)15(4,5)9-20-6/h10-12H,7-9H2,1-6H3,(H,16,18). The smallest absolute Gasteiger partial charge is 0.246 e. The molecule has 1 fully saturated rings. The summed E-state index contributed by atoms with van der Waals surface area (Å²) >= 11 is 0. The number of nitrogens with one attached hydrogen (secondary N) is 1. The SMILES string of the molecule is CCC1C(=O)NC(CC(C)C)C(=O)N1C(C)(C)COC. The van der Waals surface area contributed by atoms with E-state index in [4.69, 9.17) is 4.74 Å². The Hall–Kier alpha value is -1.10. The first-order valence-corrected chi connectivity index (χ1v) is 7.37. The molecule has 0 aromatic carbocycles. The number of ether oxygens (including phenoxy) is 1. The van der Waals surface area contributed by atoms with Gasteiger partial charge in [-0.15, -0.1) is 0 Å². The second-order valence-electron chi connectivity index (χ2n) is 6.57. The number of hydrogen-bond donors (Lipinski definition) is 1. The maximum Gasteiger partial charge on any atom is 0.246 e. The summed E-state index contributed by atoms with van der Waals surface area (Å²) in [5.74, 6) is 0.309. The molecular formula is C15H28N2O3. The highest BCUT2D eigenvalue weighted by Crippen LogP contribution is 2.26.